The van der Waals surface area contributed by atoms with Crippen LogP contribution in [0.4, 0.5) is 0 Å². The summed E-state index contributed by atoms with van der Waals surface area (Å²) < 4.78 is 5.50. The Balaban J connectivity index is 1.73. The SMILES string of the molecule is O=C(O)[C@H]1CCCCN1Cc1coc(-c2ccccc2)n1. The van der Waals surface area contributed by atoms with E-state index in [-0.39, 0.29) is 0 Å². The van der Waals surface area contributed by atoms with Gasteiger partial charge in [0.2, 0.25) is 5.89 Å². The summed E-state index contributed by atoms with van der Waals surface area (Å²) in [6.07, 6.45) is 4.34. The van der Waals surface area contributed by atoms with E-state index in [1.54, 1.807) is 6.26 Å². The van der Waals surface area contributed by atoms with E-state index in [0.29, 0.717) is 18.9 Å². The normalized spacial score (nSPS) is 19.5. The highest BCUT2D eigenvalue weighted by molar-refractivity contribution is 5.73. The fourth-order valence-corrected chi connectivity index (χ4v) is 2.76. The molecule has 1 fully saturated rings. The Morgan fingerprint density at radius 3 is 2.90 bits per heavy atom. The second-order valence-corrected chi connectivity index (χ2v) is 5.33. The number of aliphatic carboxylic acids is 1. The fraction of sp³-hybridized carbons (Fsp3) is 0.375. The molecule has 0 saturated carbocycles. The summed E-state index contributed by atoms with van der Waals surface area (Å²) in [4.78, 5) is 17.7. The molecular weight excluding hydrogens is 268 g/mol. The lowest BCUT2D eigenvalue weighted by Crippen LogP contribution is -2.44. The zero-order valence-corrected chi connectivity index (χ0v) is 11.7. The van der Waals surface area contributed by atoms with E-state index in [0.717, 1.165) is 30.6 Å². The maximum absolute atomic E-state index is 11.3. The standard InChI is InChI=1S/C16H18N2O3/c19-16(20)14-8-4-5-9-18(14)10-13-11-21-15(17-13)12-6-2-1-3-7-12/h1-3,6-7,11,14H,4-5,8-10H2,(H,19,20)/t14-/m1/s1. The molecule has 110 valence electrons. The molecule has 0 amide bonds. The molecule has 0 spiro atoms. The lowest BCUT2D eigenvalue weighted by Gasteiger charge is -2.31. The van der Waals surface area contributed by atoms with Crippen LogP contribution in [0.25, 0.3) is 11.5 Å². The van der Waals surface area contributed by atoms with Crippen molar-refractivity contribution in [3.8, 4) is 11.5 Å². The molecule has 0 bridgehead atoms. The summed E-state index contributed by atoms with van der Waals surface area (Å²) in [5.74, 6) is -0.170. The van der Waals surface area contributed by atoms with Crippen LogP contribution in [-0.4, -0.2) is 33.5 Å². The van der Waals surface area contributed by atoms with Gasteiger partial charge in [-0.25, -0.2) is 4.98 Å². The average Bonchev–Trinajstić information content (AvgIpc) is 2.97. The number of carboxylic acid groups (broad SMARTS) is 1. The van der Waals surface area contributed by atoms with Crippen LogP contribution in [0.1, 0.15) is 25.0 Å². The minimum Gasteiger partial charge on any atom is -0.480 e. The maximum Gasteiger partial charge on any atom is 0.320 e. The van der Waals surface area contributed by atoms with Crippen molar-refractivity contribution in [3.05, 3.63) is 42.3 Å². The Hall–Kier alpha value is -2.14. The first kappa shape index (κ1) is 13.8. The fourth-order valence-electron chi connectivity index (χ4n) is 2.76. The summed E-state index contributed by atoms with van der Waals surface area (Å²) >= 11 is 0. The van der Waals surface area contributed by atoms with Gasteiger partial charge in [-0.1, -0.05) is 24.6 Å². The molecule has 1 N–H and O–H groups in total. The number of rotatable bonds is 4. The second-order valence-electron chi connectivity index (χ2n) is 5.33. The number of likely N-dealkylation sites (tertiary alicyclic amines) is 1. The highest BCUT2D eigenvalue weighted by atomic mass is 16.4. The molecular formula is C16H18N2O3. The minimum atomic E-state index is -0.749. The quantitative estimate of drug-likeness (QED) is 0.936. The van der Waals surface area contributed by atoms with Crippen molar-refractivity contribution in [3.63, 3.8) is 0 Å². The lowest BCUT2D eigenvalue weighted by molar-refractivity contribution is -0.144. The van der Waals surface area contributed by atoms with E-state index in [1.165, 1.54) is 0 Å². The first-order valence-electron chi connectivity index (χ1n) is 7.21. The van der Waals surface area contributed by atoms with Crippen LogP contribution in [0.15, 0.2) is 41.0 Å². The number of hydrogen-bond acceptors (Lipinski definition) is 4. The van der Waals surface area contributed by atoms with Crippen molar-refractivity contribution in [1.29, 1.82) is 0 Å². The molecule has 1 atom stereocenters. The van der Waals surface area contributed by atoms with Crippen molar-refractivity contribution in [2.75, 3.05) is 6.54 Å². The van der Waals surface area contributed by atoms with Crippen LogP contribution in [0.2, 0.25) is 0 Å². The van der Waals surface area contributed by atoms with Crippen molar-refractivity contribution < 1.29 is 14.3 Å². The van der Waals surface area contributed by atoms with Gasteiger partial charge in [-0.05, 0) is 31.5 Å². The number of benzene rings is 1. The Morgan fingerprint density at radius 2 is 2.14 bits per heavy atom. The van der Waals surface area contributed by atoms with Crippen molar-refractivity contribution >= 4 is 5.97 Å². The van der Waals surface area contributed by atoms with Gasteiger partial charge in [-0.3, -0.25) is 9.69 Å². The van der Waals surface area contributed by atoms with E-state index >= 15 is 0 Å². The third-order valence-electron chi connectivity index (χ3n) is 3.84. The van der Waals surface area contributed by atoms with E-state index in [9.17, 15) is 9.90 Å². The molecule has 1 saturated heterocycles. The van der Waals surface area contributed by atoms with Crippen LogP contribution >= 0.6 is 0 Å². The molecule has 2 aromatic rings. The van der Waals surface area contributed by atoms with Crippen LogP contribution in [0, 0.1) is 0 Å². The van der Waals surface area contributed by atoms with Crippen LogP contribution in [0.5, 0.6) is 0 Å². The molecule has 2 heterocycles. The highest BCUT2D eigenvalue weighted by Gasteiger charge is 2.28. The largest absolute Gasteiger partial charge is 0.480 e. The zero-order chi connectivity index (χ0) is 14.7. The first-order valence-corrected chi connectivity index (χ1v) is 7.21. The smallest absolute Gasteiger partial charge is 0.320 e. The molecule has 21 heavy (non-hydrogen) atoms. The number of nitrogens with zero attached hydrogens (tertiary/aromatic N) is 2. The van der Waals surface area contributed by atoms with E-state index in [2.05, 4.69) is 4.98 Å². The van der Waals surface area contributed by atoms with Crippen molar-refractivity contribution in [2.24, 2.45) is 0 Å². The van der Waals surface area contributed by atoms with Crippen LogP contribution < -0.4 is 0 Å². The third-order valence-corrected chi connectivity index (χ3v) is 3.84. The zero-order valence-electron chi connectivity index (χ0n) is 11.7. The Morgan fingerprint density at radius 1 is 1.33 bits per heavy atom. The lowest BCUT2D eigenvalue weighted by atomic mass is 10.0. The molecule has 1 aromatic heterocycles. The van der Waals surface area contributed by atoms with E-state index in [1.807, 2.05) is 35.2 Å². The van der Waals surface area contributed by atoms with Gasteiger partial charge in [-0.15, -0.1) is 0 Å². The summed E-state index contributed by atoms with van der Waals surface area (Å²) in [5.41, 5.74) is 1.71. The molecule has 0 aliphatic carbocycles. The van der Waals surface area contributed by atoms with Crippen LogP contribution in [0.3, 0.4) is 0 Å². The first-order chi connectivity index (χ1) is 10.2. The van der Waals surface area contributed by atoms with Gasteiger partial charge in [0.15, 0.2) is 0 Å². The van der Waals surface area contributed by atoms with Gasteiger partial charge in [0, 0.05) is 12.1 Å². The molecule has 1 aliphatic rings. The summed E-state index contributed by atoms with van der Waals surface area (Å²) in [7, 11) is 0. The predicted octanol–water partition coefficient (Wildman–Crippen LogP) is 2.78. The average molecular weight is 286 g/mol. The number of oxazole rings is 1. The topological polar surface area (TPSA) is 66.6 Å². The maximum atomic E-state index is 11.3. The molecule has 5 nitrogen and oxygen atoms in total. The van der Waals surface area contributed by atoms with Crippen molar-refractivity contribution in [2.45, 2.75) is 31.8 Å². The van der Waals surface area contributed by atoms with Crippen molar-refractivity contribution in [1.82, 2.24) is 9.88 Å². The van der Waals surface area contributed by atoms with Gasteiger partial charge in [0.05, 0.1) is 5.69 Å². The Bertz CT molecular complexity index is 609. The number of carbonyl (C=O) groups is 1. The Kier molecular flexibility index (Phi) is 4.01. The molecule has 0 radical (unpaired) electrons. The predicted molar refractivity (Wildman–Crippen MR) is 77.6 cm³/mol. The van der Waals surface area contributed by atoms with Gasteiger partial charge in [-0.2, -0.15) is 0 Å². The molecule has 1 aliphatic heterocycles. The number of piperidine rings is 1. The molecule has 0 unspecified atom stereocenters. The summed E-state index contributed by atoms with van der Waals surface area (Å²) in [5, 5.41) is 9.28. The number of carboxylic acids is 1. The summed E-state index contributed by atoms with van der Waals surface area (Å²) in [6.45, 7) is 1.32. The molecule has 1 aromatic carbocycles. The number of aromatic nitrogens is 1. The molecule has 5 heteroatoms. The van der Waals surface area contributed by atoms with Gasteiger partial charge in [0.25, 0.3) is 0 Å². The van der Waals surface area contributed by atoms with Gasteiger partial charge in [0.1, 0.15) is 12.3 Å². The minimum absolute atomic E-state index is 0.407. The molecule has 3 rings (SSSR count). The Labute approximate surface area is 123 Å². The second kappa shape index (κ2) is 6.10. The third kappa shape index (κ3) is 3.13. The summed E-state index contributed by atoms with van der Waals surface area (Å²) in [6, 6.07) is 9.29. The van der Waals surface area contributed by atoms with E-state index in [4.69, 9.17) is 4.42 Å². The van der Waals surface area contributed by atoms with E-state index < -0.39 is 12.0 Å². The number of hydrogen-bond donors (Lipinski definition) is 1. The van der Waals surface area contributed by atoms with Crippen LogP contribution in [-0.2, 0) is 11.3 Å². The van der Waals surface area contributed by atoms with Gasteiger partial charge < -0.3 is 9.52 Å². The monoisotopic (exact) mass is 286 g/mol. The van der Waals surface area contributed by atoms with Gasteiger partial charge >= 0.3 is 5.97 Å². The highest BCUT2D eigenvalue weighted by Crippen LogP contribution is 2.22.